The molecule has 0 aromatic carbocycles. The summed E-state index contributed by atoms with van der Waals surface area (Å²) in [7, 11) is 0.787. The largest absolute Gasteiger partial charge is 0.489 e. The summed E-state index contributed by atoms with van der Waals surface area (Å²) in [5, 5.41) is 9.07. The highest BCUT2D eigenvalue weighted by Crippen LogP contribution is 2.40. The average molecular weight is 357 g/mol. The van der Waals surface area contributed by atoms with E-state index < -0.39 is 58.9 Å². The Hall–Kier alpha value is -2.46. The second-order valence-corrected chi connectivity index (χ2v) is 4.69. The Bertz CT molecular complexity index is 657. The molecule has 1 N–H and O–H groups in total. The van der Waals surface area contributed by atoms with E-state index in [1.165, 1.54) is 13.8 Å². The minimum absolute atomic E-state index is 0.787. The Morgan fingerprint density at radius 1 is 1.17 bits per heavy atom. The molecule has 0 unspecified atom stereocenters. The Labute approximate surface area is 132 Å². The normalized spacial score (nSPS) is 11.8. The Morgan fingerprint density at radius 2 is 1.71 bits per heavy atom. The first-order chi connectivity index (χ1) is 10.9. The first-order valence-corrected chi connectivity index (χ1v) is 6.33. The Kier molecular flexibility index (Phi) is 5.69. The second-order valence-electron chi connectivity index (χ2n) is 4.69. The predicted molar refractivity (Wildman–Crippen MR) is 68.3 cm³/mol. The number of esters is 1. The van der Waals surface area contributed by atoms with Gasteiger partial charge in [0.2, 0.25) is 0 Å². The molecule has 1 aromatic heterocycles. The molecule has 1 heterocycles. The van der Waals surface area contributed by atoms with E-state index in [1.54, 1.807) is 0 Å². The van der Waals surface area contributed by atoms with Gasteiger partial charge in [0.15, 0.2) is 11.4 Å². The van der Waals surface area contributed by atoms with Crippen molar-refractivity contribution in [3.05, 3.63) is 22.5 Å². The van der Waals surface area contributed by atoms with Crippen LogP contribution in [0, 0.1) is 0 Å². The Morgan fingerprint density at radius 3 is 2.04 bits per heavy atom. The van der Waals surface area contributed by atoms with Crippen molar-refractivity contribution >= 4 is 11.9 Å². The van der Waals surface area contributed by atoms with Gasteiger partial charge in [-0.1, -0.05) is 0 Å². The number of hydrogen-bond acceptors (Lipinski definition) is 5. The number of halogens is 5. The molecule has 134 valence electrons. The van der Waals surface area contributed by atoms with Crippen molar-refractivity contribution in [2.24, 2.45) is 0 Å². The standard InChI is InChI=1S/C13H12F5NO5/c1-4(2)24-8-5(12(22)23-3)7(10(14)15)19-9(13(16,17)18)6(8)11(20)21/h4,10H,1-3H3,(H,20,21). The molecule has 0 aliphatic heterocycles. The van der Waals surface area contributed by atoms with Gasteiger partial charge in [-0.2, -0.15) is 13.2 Å². The van der Waals surface area contributed by atoms with E-state index in [9.17, 15) is 31.5 Å². The van der Waals surface area contributed by atoms with Gasteiger partial charge in [0, 0.05) is 0 Å². The highest BCUT2D eigenvalue weighted by Gasteiger charge is 2.43. The first kappa shape index (κ1) is 19.6. The molecule has 0 aliphatic carbocycles. The third kappa shape index (κ3) is 3.89. The molecule has 0 saturated heterocycles. The van der Waals surface area contributed by atoms with Crippen LogP contribution in [0.15, 0.2) is 0 Å². The number of aromatic carboxylic acids is 1. The topological polar surface area (TPSA) is 85.7 Å². The van der Waals surface area contributed by atoms with Crippen LogP contribution < -0.4 is 4.74 Å². The number of alkyl halides is 5. The van der Waals surface area contributed by atoms with Crippen molar-refractivity contribution in [1.29, 1.82) is 0 Å². The smallest absolute Gasteiger partial charge is 0.434 e. The summed E-state index contributed by atoms with van der Waals surface area (Å²) in [6.45, 7) is 2.62. The number of carboxylic acids is 1. The quantitative estimate of drug-likeness (QED) is 0.643. The number of ether oxygens (including phenoxy) is 2. The maximum absolute atomic E-state index is 13.1. The molecule has 0 bridgehead atoms. The van der Waals surface area contributed by atoms with E-state index in [4.69, 9.17) is 9.84 Å². The van der Waals surface area contributed by atoms with Gasteiger partial charge < -0.3 is 14.6 Å². The summed E-state index contributed by atoms with van der Waals surface area (Å²) in [5.74, 6) is -4.80. The number of carbonyl (C=O) groups is 2. The van der Waals surface area contributed by atoms with E-state index in [1.807, 2.05) is 0 Å². The van der Waals surface area contributed by atoms with Gasteiger partial charge in [-0.05, 0) is 13.8 Å². The summed E-state index contributed by atoms with van der Waals surface area (Å²) in [4.78, 5) is 25.6. The number of hydrogen-bond donors (Lipinski definition) is 1. The molecule has 0 amide bonds. The average Bonchev–Trinajstić information content (AvgIpc) is 2.43. The second kappa shape index (κ2) is 6.97. The molecular weight excluding hydrogens is 345 g/mol. The zero-order chi connectivity index (χ0) is 18.8. The third-order valence-corrected chi connectivity index (χ3v) is 2.61. The molecule has 0 saturated carbocycles. The Balaban J connectivity index is 4.02. The van der Waals surface area contributed by atoms with E-state index in [-0.39, 0.29) is 0 Å². The fraction of sp³-hybridized carbons (Fsp3) is 0.462. The lowest BCUT2D eigenvalue weighted by atomic mass is 10.0. The van der Waals surface area contributed by atoms with E-state index in [2.05, 4.69) is 9.72 Å². The van der Waals surface area contributed by atoms with Crippen molar-refractivity contribution in [2.45, 2.75) is 32.6 Å². The molecule has 1 aromatic rings. The predicted octanol–water partition coefficient (Wildman–Crippen LogP) is 3.31. The molecule has 24 heavy (non-hydrogen) atoms. The SMILES string of the molecule is COC(=O)c1c(C(F)F)nc(C(F)(F)F)c(C(=O)O)c1OC(C)C. The number of nitrogens with zero attached hydrogens (tertiary/aromatic N) is 1. The molecule has 11 heteroatoms. The van der Waals surface area contributed by atoms with Crippen molar-refractivity contribution in [1.82, 2.24) is 4.98 Å². The minimum Gasteiger partial charge on any atom is -0.489 e. The van der Waals surface area contributed by atoms with Gasteiger partial charge in [-0.15, -0.1) is 0 Å². The fourth-order valence-electron chi connectivity index (χ4n) is 1.80. The molecular formula is C13H12F5NO5. The molecule has 0 spiro atoms. The van der Waals surface area contributed by atoms with Crippen molar-refractivity contribution in [2.75, 3.05) is 7.11 Å². The third-order valence-electron chi connectivity index (χ3n) is 2.61. The van der Waals surface area contributed by atoms with Crippen LogP contribution in [0.2, 0.25) is 0 Å². The van der Waals surface area contributed by atoms with Gasteiger partial charge in [-0.25, -0.2) is 23.4 Å². The van der Waals surface area contributed by atoms with Crippen LogP contribution in [0.4, 0.5) is 22.0 Å². The maximum atomic E-state index is 13.1. The van der Waals surface area contributed by atoms with Crippen LogP contribution >= 0.6 is 0 Å². The van der Waals surface area contributed by atoms with Gasteiger partial charge in [0.1, 0.15) is 16.8 Å². The van der Waals surface area contributed by atoms with E-state index in [0.717, 1.165) is 7.11 Å². The number of carboxylic acid groups (broad SMARTS) is 1. The van der Waals surface area contributed by atoms with E-state index in [0.29, 0.717) is 0 Å². The molecule has 0 radical (unpaired) electrons. The number of aromatic nitrogens is 1. The molecule has 1 rings (SSSR count). The van der Waals surface area contributed by atoms with Gasteiger partial charge in [-0.3, -0.25) is 0 Å². The number of carbonyl (C=O) groups excluding carboxylic acids is 1. The zero-order valence-electron chi connectivity index (χ0n) is 12.6. The molecule has 0 atom stereocenters. The summed E-state index contributed by atoms with van der Waals surface area (Å²) in [6.07, 6.45) is -9.88. The van der Waals surface area contributed by atoms with Crippen LogP contribution in [0.3, 0.4) is 0 Å². The lowest BCUT2D eigenvalue weighted by Crippen LogP contribution is -2.24. The highest BCUT2D eigenvalue weighted by atomic mass is 19.4. The summed E-state index contributed by atoms with van der Waals surface area (Å²) in [5.41, 5.74) is -6.36. The molecule has 0 fully saturated rings. The number of pyridine rings is 1. The van der Waals surface area contributed by atoms with Gasteiger partial charge >= 0.3 is 18.1 Å². The van der Waals surface area contributed by atoms with Crippen LogP contribution in [0.25, 0.3) is 0 Å². The van der Waals surface area contributed by atoms with Crippen LogP contribution in [-0.2, 0) is 10.9 Å². The fourth-order valence-corrected chi connectivity index (χ4v) is 1.80. The van der Waals surface area contributed by atoms with Gasteiger partial charge in [0.05, 0.1) is 13.2 Å². The van der Waals surface area contributed by atoms with Crippen LogP contribution in [0.1, 0.15) is 52.4 Å². The van der Waals surface area contributed by atoms with Crippen LogP contribution in [-0.4, -0.2) is 35.2 Å². The van der Waals surface area contributed by atoms with Crippen molar-refractivity contribution < 1.29 is 46.1 Å². The lowest BCUT2D eigenvalue weighted by molar-refractivity contribution is -0.142. The lowest BCUT2D eigenvalue weighted by Gasteiger charge is -2.21. The van der Waals surface area contributed by atoms with Crippen molar-refractivity contribution in [3.63, 3.8) is 0 Å². The number of methoxy groups -OCH3 is 1. The molecule has 6 nitrogen and oxygen atoms in total. The first-order valence-electron chi connectivity index (χ1n) is 6.33. The highest BCUT2D eigenvalue weighted by molar-refractivity contribution is 6.01. The number of rotatable bonds is 5. The van der Waals surface area contributed by atoms with Gasteiger partial charge in [0.25, 0.3) is 6.43 Å². The summed E-state index contributed by atoms with van der Waals surface area (Å²) in [6, 6.07) is 0. The minimum atomic E-state index is -5.36. The zero-order valence-corrected chi connectivity index (χ0v) is 12.6. The van der Waals surface area contributed by atoms with Crippen molar-refractivity contribution in [3.8, 4) is 5.75 Å². The van der Waals surface area contributed by atoms with Crippen LogP contribution in [0.5, 0.6) is 5.75 Å². The summed E-state index contributed by atoms with van der Waals surface area (Å²) < 4.78 is 74.5. The summed E-state index contributed by atoms with van der Waals surface area (Å²) >= 11 is 0. The van der Waals surface area contributed by atoms with E-state index >= 15 is 0 Å². The monoisotopic (exact) mass is 357 g/mol. The maximum Gasteiger partial charge on any atom is 0.434 e. The molecule has 0 aliphatic rings.